The van der Waals surface area contributed by atoms with E-state index in [0.29, 0.717) is 29.3 Å². The van der Waals surface area contributed by atoms with Crippen molar-refractivity contribution in [3.63, 3.8) is 0 Å². The molecule has 0 aliphatic carbocycles. The zero-order valence-corrected chi connectivity index (χ0v) is 12.9. The highest BCUT2D eigenvalue weighted by Crippen LogP contribution is 2.52. The number of anilines is 2. The summed E-state index contributed by atoms with van der Waals surface area (Å²) in [5, 5.41) is 3.78. The molecular formula is C17H16FN2OP. The summed E-state index contributed by atoms with van der Waals surface area (Å²) in [6.45, 7) is 0. The summed E-state index contributed by atoms with van der Waals surface area (Å²) in [5.41, 5.74) is 1.40. The van der Waals surface area contributed by atoms with Crippen LogP contribution in [0.15, 0.2) is 36.7 Å². The van der Waals surface area contributed by atoms with Crippen LogP contribution in [0, 0.1) is 18.2 Å². The number of nitrogens with zero attached hydrogens (tertiary/aromatic N) is 1. The topological polar surface area (TPSA) is 42.0 Å². The van der Waals surface area contributed by atoms with E-state index >= 15 is 0 Å². The fourth-order valence-electron chi connectivity index (χ4n) is 2.78. The van der Waals surface area contributed by atoms with Crippen molar-refractivity contribution in [2.45, 2.75) is 12.8 Å². The van der Waals surface area contributed by atoms with E-state index in [2.05, 4.69) is 16.2 Å². The Bertz CT molecular complexity index is 787. The van der Waals surface area contributed by atoms with Crippen LogP contribution in [-0.4, -0.2) is 17.3 Å². The molecular weight excluding hydrogens is 298 g/mol. The maximum absolute atomic E-state index is 14.1. The van der Waals surface area contributed by atoms with E-state index in [9.17, 15) is 8.96 Å². The Morgan fingerprint density at radius 1 is 1.23 bits per heavy atom. The molecule has 0 amide bonds. The summed E-state index contributed by atoms with van der Waals surface area (Å²) in [4.78, 5) is 4.07. The lowest BCUT2D eigenvalue weighted by atomic mass is 10.2. The zero-order chi connectivity index (χ0) is 15.6. The van der Waals surface area contributed by atoms with Gasteiger partial charge in [0, 0.05) is 29.4 Å². The van der Waals surface area contributed by atoms with Crippen molar-refractivity contribution in [3.8, 4) is 12.3 Å². The minimum absolute atomic E-state index is 0.305. The number of terminal acetylenes is 1. The standard InChI is InChI=1S/C17H16FN2OP/c1-2-13-5-6-15(14(18)11-13)20-16-12-19-8-7-17(16)22(21)9-3-4-10-22/h1,5-8,11-12,20H,3-4,9-10H2. The summed E-state index contributed by atoms with van der Waals surface area (Å²) in [6, 6.07) is 6.34. The molecule has 5 heteroatoms. The van der Waals surface area contributed by atoms with Crippen LogP contribution in [0.25, 0.3) is 0 Å². The predicted octanol–water partition coefficient (Wildman–Crippen LogP) is 3.73. The van der Waals surface area contributed by atoms with Gasteiger partial charge in [-0.3, -0.25) is 4.98 Å². The fourth-order valence-corrected chi connectivity index (χ4v) is 5.84. The Morgan fingerprint density at radius 2 is 2.00 bits per heavy atom. The first-order chi connectivity index (χ1) is 10.6. The molecule has 0 saturated carbocycles. The molecule has 1 N–H and O–H groups in total. The summed E-state index contributed by atoms with van der Waals surface area (Å²) in [5.74, 6) is 1.96. The fraction of sp³-hybridized carbons (Fsp3) is 0.235. The highest BCUT2D eigenvalue weighted by molar-refractivity contribution is 7.72. The number of aromatic nitrogens is 1. The molecule has 1 aromatic carbocycles. The molecule has 0 bridgehead atoms. The molecule has 1 saturated heterocycles. The van der Waals surface area contributed by atoms with Crippen molar-refractivity contribution in [3.05, 3.63) is 48.0 Å². The van der Waals surface area contributed by atoms with Gasteiger partial charge in [-0.05, 0) is 37.1 Å². The van der Waals surface area contributed by atoms with E-state index in [1.165, 1.54) is 6.07 Å². The number of halogens is 1. The van der Waals surface area contributed by atoms with Crippen LogP contribution in [0.1, 0.15) is 18.4 Å². The lowest BCUT2D eigenvalue weighted by Gasteiger charge is -2.17. The van der Waals surface area contributed by atoms with Gasteiger partial charge in [0.2, 0.25) is 0 Å². The van der Waals surface area contributed by atoms with E-state index < -0.39 is 13.0 Å². The lowest BCUT2D eigenvalue weighted by Crippen LogP contribution is -2.13. The number of hydrogen-bond acceptors (Lipinski definition) is 3. The Labute approximate surface area is 129 Å². The molecule has 0 radical (unpaired) electrons. The first-order valence-corrected chi connectivity index (χ1v) is 9.26. The summed E-state index contributed by atoms with van der Waals surface area (Å²) < 4.78 is 27.1. The van der Waals surface area contributed by atoms with Crippen LogP contribution in [0.3, 0.4) is 0 Å². The van der Waals surface area contributed by atoms with Crippen molar-refractivity contribution in [1.29, 1.82) is 0 Å². The Hall–Kier alpha value is -2.11. The number of rotatable bonds is 3. The average Bonchev–Trinajstić information content (AvgIpc) is 2.97. The quantitative estimate of drug-likeness (QED) is 0.693. The second kappa shape index (κ2) is 5.94. The van der Waals surface area contributed by atoms with Crippen LogP contribution >= 0.6 is 7.14 Å². The van der Waals surface area contributed by atoms with Gasteiger partial charge in [-0.2, -0.15) is 0 Å². The van der Waals surface area contributed by atoms with E-state index in [-0.39, 0.29) is 0 Å². The van der Waals surface area contributed by atoms with Crippen LogP contribution in [0.2, 0.25) is 0 Å². The molecule has 3 rings (SSSR count). The van der Waals surface area contributed by atoms with Gasteiger partial charge in [0.1, 0.15) is 13.0 Å². The second-order valence-corrected chi connectivity index (χ2v) is 8.56. The molecule has 22 heavy (non-hydrogen) atoms. The number of benzene rings is 1. The van der Waals surface area contributed by atoms with Crippen molar-refractivity contribution in [1.82, 2.24) is 4.98 Å². The molecule has 1 fully saturated rings. The molecule has 112 valence electrons. The zero-order valence-electron chi connectivity index (χ0n) is 12.1. The highest BCUT2D eigenvalue weighted by atomic mass is 31.2. The molecule has 0 spiro atoms. The van der Waals surface area contributed by atoms with E-state index in [0.717, 1.165) is 18.1 Å². The molecule has 3 nitrogen and oxygen atoms in total. The van der Waals surface area contributed by atoms with Gasteiger partial charge >= 0.3 is 0 Å². The third kappa shape index (κ3) is 2.77. The molecule has 2 heterocycles. The third-order valence-corrected chi connectivity index (χ3v) is 7.28. The average molecular weight is 314 g/mol. The Morgan fingerprint density at radius 3 is 2.68 bits per heavy atom. The molecule has 1 aromatic heterocycles. The van der Waals surface area contributed by atoms with Crippen molar-refractivity contribution in [2.75, 3.05) is 17.6 Å². The normalized spacial score (nSPS) is 16.2. The van der Waals surface area contributed by atoms with Gasteiger partial charge in [0.15, 0.2) is 0 Å². The van der Waals surface area contributed by atoms with Crippen molar-refractivity contribution in [2.24, 2.45) is 0 Å². The molecule has 1 aliphatic rings. The second-order valence-electron chi connectivity index (χ2n) is 5.40. The summed E-state index contributed by atoms with van der Waals surface area (Å²) in [6.07, 6.45) is 11.9. The number of hydrogen-bond donors (Lipinski definition) is 1. The van der Waals surface area contributed by atoms with Gasteiger partial charge in [-0.25, -0.2) is 4.39 Å². The monoisotopic (exact) mass is 314 g/mol. The molecule has 0 atom stereocenters. The summed E-state index contributed by atoms with van der Waals surface area (Å²) >= 11 is 0. The van der Waals surface area contributed by atoms with Crippen molar-refractivity contribution >= 4 is 23.8 Å². The Balaban J connectivity index is 1.97. The Kier molecular flexibility index (Phi) is 4.00. The maximum atomic E-state index is 14.1. The first kappa shape index (κ1) is 14.8. The van der Waals surface area contributed by atoms with E-state index in [1.54, 1.807) is 30.6 Å². The SMILES string of the molecule is C#Cc1ccc(Nc2cnccc2P2(=O)CCCC2)c(F)c1. The van der Waals surface area contributed by atoms with E-state index in [4.69, 9.17) is 6.42 Å². The van der Waals surface area contributed by atoms with Gasteiger partial charge in [0.05, 0.1) is 17.6 Å². The minimum atomic E-state index is -2.38. The highest BCUT2D eigenvalue weighted by Gasteiger charge is 2.31. The summed E-state index contributed by atoms with van der Waals surface area (Å²) in [7, 11) is -2.38. The smallest absolute Gasteiger partial charge is 0.147 e. The van der Waals surface area contributed by atoms with Crippen LogP contribution < -0.4 is 10.6 Å². The first-order valence-electron chi connectivity index (χ1n) is 7.18. The number of nitrogens with one attached hydrogen (secondary N) is 1. The minimum Gasteiger partial charge on any atom is -0.351 e. The van der Waals surface area contributed by atoms with Crippen LogP contribution in [-0.2, 0) is 4.57 Å². The lowest BCUT2D eigenvalue weighted by molar-refractivity contribution is 0.585. The molecule has 2 aromatic rings. The van der Waals surface area contributed by atoms with Gasteiger partial charge in [-0.1, -0.05) is 5.92 Å². The largest absolute Gasteiger partial charge is 0.351 e. The van der Waals surface area contributed by atoms with Crippen LogP contribution in [0.4, 0.5) is 15.8 Å². The van der Waals surface area contributed by atoms with Gasteiger partial charge in [0.25, 0.3) is 0 Å². The third-order valence-electron chi connectivity index (χ3n) is 3.93. The number of pyridine rings is 1. The van der Waals surface area contributed by atoms with Gasteiger partial charge in [-0.15, -0.1) is 6.42 Å². The maximum Gasteiger partial charge on any atom is 0.147 e. The van der Waals surface area contributed by atoms with Crippen LogP contribution in [0.5, 0.6) is 0 Å². The molecule has 0 unspecified atom stereocenters. The molecule has 1 aliphatic heterocycles. The van der Waals surface area contributed by atoms with E-state index in [1.807, 2.05) is 0 Å². The van der Waals surface area contributed by atoms with Gasteiger partial charge < -0.3 is 9.88 Å². The van der Waals surface area contributed by atoms with Crippen molar-refractivity contribution < 1.29 is 8.96 Å². The predicted molar refractivity (Wildman–Crippen MR) is 88.1 cm³/mol.